The zero-order chi connectivity index (χ0) is 13.1. The van der Waals surface area contributed by atoms with Gasteiger partial charge < -0.3 is 9.88 Å². The summed E-state index contributed by atoms with van der Waals surface area (Å²) in [7, 11) is 1.28. The van der Waals surface area contributed by atoms with Crippen molar-refractivity contribution < 1.29 is 18.0 Å². The Morgan fingerprint density at radius 2 is 2.06 bits per heavy atom. The lowest BCUT2D eigenvalue weighted by molar-refractivity contribution is -0.136. The van der Waals surface area contributed by atoms with E-state index in [-0.39, 0.29) is 11.1 Å². The van der Waals surface area contributed by atoms with Gasteiger partial charge in [0.15, 0.2) is 0 Å². The molecule has 1 rings (SSSR count). The molecule has 94 valence electrons. The van der Waals surface area contributed by atoms with Crippen LogP contribution in [0.2, 0.25) is 0 Å². The number of alkyl halides is 3. The number of amides is 1. The second-order valence-corrected chi connectivity index (χ2v) is 3.53. The number of halogens is 3. The molecule has 1 heterocycles. The van der Waals surface area contributed by atoms with E-state index in [9.17, 15) is 22.8 Å². The van der Waals surface area contributed by atoms with Gasteiger partial charge in [-0.3, -0.25) is 9.59 Å². The number of H-pyrrole nitrogens is 1. The standard InChI is InChI=1S/C10H11F3N2O2/c1-15(5-4-10(11,12)13)9(17)7-2-3-8(16)14-6-7/h2-3,6H,4-5H2,1H3,(H,14,16). The molecule has 7 heteroatoms. The average Bonchev–Trinajstić information content (AvgIpc) is 2.25. The van der Waals surface area contributed by atoms with E-state index in [4.69, 9.17) is 0 Å². The summed E-state index contributed by atoms with van der Waals surface area (Å²) in [5.41, 5.74) is -0.228. The number of carbonyl (C=O) groups is 1. The van der Waals surface area contributed by atoms with Gasteiger partial charge in [-0.05, 0) is 6.07 Å². The van der Waals surface area contributed by atoms with Crippen LogP contribution in [0.3, 0.4) is 0 Å². The second-order valence-electron chi connectivity index (χ2n) is 3.53. The first kappa shape index (κ1) is 13.3. The first-order valence-electron chi connectivity index (χ1n) is 4.80. The molecule has 0 unspecified atom stereocenters. The third-order valence-corrected chi connectivity index (χ3v) is 2.11. The molecule has 0 radical (unpaired) electrons. The number of carbonyl (C=O) groups excluding carboxylic acids is 1. The quantitative estimate of drug-likeness (QED) is 0.879. The van der Waals surface area contributed by atoms with Crippen LogP contribution < -0.4 is 5.56 Å². The van der Waals surface area contributed by atoms with Crippen molar-refractivity contribution in [3.8, 4) is 0 Å². The molecule has 0 bridgehead atoms. The molecule has 0 saturated heterocycles. The summed E-state index contributed by atoms with van der Waals surface area (Å²) >= 11 is 0. The number of hydrogen-bond acceptors (Lipinski definition) is 2. The summed E-state index contributed by atoms with van der Waals surface area (Å²) in [5, 5.41) is 0. The predicted molar refractivity (Wildman–Crippen MR) is 54.7 cm³/mol. The molecule has 0 aliphatic rings. The monoisotopic (exact) mass is 248 g/mol. The fourth-order valence-corrected chi connectivity index (χ4v) is 1.16. The predicted octanol–water partition coefficient (Wildman–Crippen LogP) is 1.40. The Morgan fingerprint density at radius 3 is 2.53 bits per heavy atom. The van der Waals surface area contributed by atoms with Crippen molar-refractivity contribution in [1.82, 2.24) is 9.88 Å². The maximum absolute atomic E-state index is 11.9. The SMILES string of the molecule is CN(CCC(F)(F)F)C(=O)c1ccc(=O)[nH]c1. The first-order chi connectivity index (χ1) is 7.79. The fourth-order valence-electron chi connectivity index (χ4n) is 1.16. The van der Waals surface area contributed by atoms with Crippen molar-refractivity contribution in [2.75, 3.05) is 13.6 Å². The molecular weight excluding hydrogens is 237 g/mol. The molecule has 0 aliphatic carbocycles. The summed E-state index contributed by atoms with van der Waals surface area (Å²) in [6.45, 7) is -0.415. The van der Waals surface area contributed by atoms with Crippen LogP contribution in [0.5, 0.6) is 0 Å². The first-order valence-corrected chi connectivity index (χ1v) is 4.80. The molecule has 1 aromatic rings. The Hall–Kier alpha value is -1.79. The molecule has 0 spiro atoms. The van der Waals surface area contributed by atoms with Crippen LogP contribution in [0.1, 0.15) is 16.8 Å². The van der Waals surface area contributed by atoms with E-state index in [0.29, 0.717) is 0 Å². The maximum atomic E-state index is 11.9. The summed E-state index contributed by atoms with van der Waals surface area (Å²) in [4.78, 5) is 25.6. The van der Waals surface area contributed by atoms with Crippen molar-refractivity contribution in [2.45, 2.75) is 12.6 Å². The van der Waals surface area contributed by atoms with Gasteiger partial charge in [0, 0.05) is 25.9 Å². The van der Waals surface area contributed by atoms with Gasteiger partial charge in [-0.2, -0.15) is 13.2 Å². The van der Waals surface area contributed by atoms with Crippen molar-refractivity contribution in [1.29, 1.82) is 0 Å². The van der Waals surface area contributed by atoms with E-state index >= 15 is 0 Å². The Labute approximate surface area is 95.1 Å². The van der Waals surface area contributed by atoms with Gasteiger partial charge >= 0.3 is 6.18 Å². The summed E-state index contributed by atoms with van der Waals surface area (Å²) in [5.74, 6) is -0.564. The van der Waals surface area contributed by atoms with E-state index in [0.717, 1.165) is 11.0 Å². The van der Waals surface area contributed by atoms with E-state index in [1.807, 2.05) is 0 Å². The van der Waals surface area contributed by atoms with E-state index in [1.165, 1.54) is 19.3 Å². The Kier molecular flexibility index (Phi) is 3.93. The fraction of sp³-hybridized carbons (Fsp3) is 0.400. The highest BCUT2D eigenvalue weighted by Crippen LogP contribution is 2.19. The van der Waals surface area contributed by atoms with Crippen LogP contribution in [0.4, 0.5) is 13.2 Å². The van der Waals surface area contributed by atoms with Gasteiger partial charge in [0.05, 0.1) is 12.0 Å². The maximum Gasteiger partial charge on any atom is 0.390 e. The van der Waals surface area contributed by atoms with Crippen molar-refractivity contribution in [3.63, 3.8) is 0 Å². The third kappa shape index (κ3) is 4.29. The van der Waals surface area contributed by atoms with Crippen LogP contribution in [-0.4, -0.2) is 35.6 Å². The van der Waals surface area contributed by atoms with E-state index in [1.54, 1.807) is 0 Å². The molecule has 0 fully saturated rings. The van der Waals surface area contributed by atoms with Crippen molar-refractivity contribution in [2.24, 2.45) is 0 Å². The van der Waals surface area contributed by atoms with Crippen LogP contribution in [-0.2, 0) is 0 Å². The Balaban J connectivity index is 2.64. The summed E-state index contributed by atoms with van der Waals surface area (Å²) in [6.07, 6.45) is -4.17. The smallest absolute Gasteiger partial charge is 0.341 e. The summed E-state index contributed by atoms with van der Waals surface area (Å²) in [6, 6.07) is 2.41. The number of nitrogens with one attached hydrogen (secondary N) is 1. The molecule has 4 nitrogen and oxygen atoms in total. The van der Waals surface area contributed by atoms with Gasteiger partial charge in [0.1, 0.15) is 0 Å². The van der Waals surface area contributed by atoms with Crippen LogP contribution in [0, 0.1) is 0 Å². The molecule has 0 saturated carbocycles. The lowest BCUT2D eigenvalue weighted by atomic mass is 10.2. The number of hydrogen-bond donors (Lipinski definition) is 1. The molecule has 1 N–H and O–H groups in total. The molecule has 1 aromatic heterocycles. The zero-order valence-electron chi connectivity index (χ0n) is 9.04. The third-order valence-electron chi connectivity index (χ3n) is 2.11. The number of aromatic nitrogens is 1. The number of aromatic amines is 1. The topological polar surface area (TPSA) is 53.2 Å². The molecular formula is C10H11F3N2O2. The van der Waals surface area contributed by atoms with Crippen LogP contribution in [0.25, 0.3) is 0 Å². The highest BCUT2D eigenvalue weighted by molar-refractivity contribution is 5.93. The highest BCUT2D eigenvalue weighted by Gasteiger charge is 2.28. The Morgan fingerprint density at radius 1 is 1.41 bits per heavy atom. The number of nitrogens with zero attached hydrogens (tertiary/aromatic N) is 1. The van der Waals surface area contributed by atoms with E-state index in [2.05, 4.69) is 4.98 Å². The highest BCUT2D eigenvalue weighted by atomic mass is 19.4. The summed E-state index contributed by atoms with van der Waals surface area (Å²) < 4.78 is 35.8. The minimum absolute atomic E-state index is 0.147. The molecule has 0 atom stereocenters. The molecule has 0 aliphatic heterocycles. The largest absolute Gasteiger partial charge is 0.390 e. The molecule has 0 aromatic carbocycles. The van der Waals surface area contributed by atoms with Crippen molar-refractivity contribution >= 4 is 5.91 Å². The lowest BCUT2D eigenvalue weighted by Gasteiger charge is -2.17. The minimum Gasteiger partial charge on any atom is -0.341 e. The Bertz CT molecular complexity index is 433. The van der Waals surface area contributed by atoms with Gasteiger partial charge in [-0.25, -0.2) is 0 Å². The van der Waals surface area contributed by atoms with Crippen LogP contribution in [0.15, 0.2) is 23.1 Å². The number of pyridine rings is 1. The normalized spacial score (nSPS) is 11.3. The minimum atomic E-state index is -4.29. The molecule has 1 amide bonds. The number of rotatable bonds is 3. The van der Waals surface area contributed by atoms with Gasteiger partial charge in [-0.15, -0.1) is 0 Å². The van der Waals surface area contributed by atoms with Gasteiger partial charge in [-0.1, -0.05) is 0 Å². The van der Waals surface area contributed by atoms with Gasteiger partial charge in [0.25, 0.3) is 5.91 Å². The molecule has 17 heavy (non-hydrogen) atoms. The van der Waals surface area contributed by atoms with E-state index < -0.39 is 25.0 Å². The lowest BCUT2D eigenvalue weighted by Crippen LogP contribution is -2.30. The zero-order valence-corrected chi connectivity index (χ0v) is 9.04. The second kappa shape index (κ2) is 5.03. The van der Waals surface area contributed by atoms with Gasteiger partial charge in [0.2, 0.25) is 5.56 Å². The van der Waals surface area contributed by atoms with Crippen LogP contribution >= 0.6 is 0 Å². The average molecular weight is 248 g/mol. The van der Waals surface area contributed by atoms with Crippen molar-refractivity contribution in [3.05, 3.63) is 34.2 Å².